The van der Waals surface area contributed by atoms with Crippen LogP contribution in [0, 0.1) is 5.92 Å². The van der Waals surface area contributed by atoms with Gasteiger partial charge in [0.05, 0.1) is 0 Å². The minimum absolute atomic E-state index is 0.00987. The van der Waals surface area contributed by atoms with Gasteiger partial charge in [-0.2, -0.15) is 0 Å². The second kappa shape index (κ2) is 8.74. The van der Waals surface area contributed by atoms with Crippen molar-refractivity contribution in [2.45, 2.75) is 27.3 Å². The Labute approximate surface area is 165 Å². The molecule has 0 aliphatic heterocycles. The average Bonchev–Trinajstić information content (AvgIpc) is 3.02. The molecule has 5 nitrogen and oxygen atoms in total. The summed E-state index contributed by atoms with van der Waals surface area (Å²) < 4.78 is 2.30. The number of carbonyl (C=O) groups is 2. The van der Waals surface area contributed by atoms with Crippen molar-refractivity contribution in [3.05, 3.63) is 54.1 Å². The average molecular weight is 377 g/mol. The molecule has 0 fully saturated rings. The predicted molar refractivity (Wildman–Crippen MR) is 115 cm³/mol. The highest BCUT2D eigenvalue weighted by Gasteiger charge is 2.09. The zero-order valence-corrected chi connectivity index (χ0v) is 16.7. The maximum atomic E-state index is 12.0. The molecule has 3 aromatic rings. The van der Waals surface area contributed by atoms with E-state index < -0.39 is 0 Å². The van der Waals surface area contributed by atoms with Crippen molar-refractivity contribution in [1.29, 1.82) is 0 Å². The highest BCUT2D eigenvalue weighted by molar-refractivity contribution is 6.08. The summed E-state index contributed by atoms with van der Waals surface area (Å²) in [5.41, 5.74) is 3.41. The largest absolute Gasteiger partial charge is 0.354 e. The molecule has 0 spiro atoms. The summed E-state index contributed by atoms with van der Waals surface area (Å²) in [5.74, 6) is -0.233. The summed E-state index contributed by atoms with van der Waals surface area (Å²) in [4.78, 5) is 23.5. The molecule has 2 aromatic carbocycles. The SMILES string of the molecule is CCn1c2ccccc2c2cc(C=CC(=O)NCCNC(=O)C(C)C)ccc21. The summed E-state index contributed by atoms with van der Waals surface area (Å²) in [6.07, 6.45) is 3.35. The Kier molecular flexibility index (Phi) is 6.14. The van der Waals surface area contributed by atoms with Gasteiger partial charge in [0.1, 0.15) is 0 Å². The van der Waals surface area contributed by atoms with Crippen molar-refractivity contribution in [2.75, 3.05) is 13.1 Å². The monoisotopic (exact) mass is 377 g/mol. The molecule has 1 heterocycles. The van der Waals surface area contributed by atoms with Crippen LogP contribution in [0.4, 0.5) is 0 Å². The minimum atomic E-state index is -0.171. The Balaban J connectivity index is 1.68. The van der Waals surface area contributed by atoms with Gasteiger partial charge in [0.25, 0.3) is 0 Å². The van der Waals surface area contributed by atoms with Crippen LogP contribution in [0.2, 0.25) is 0 Å². The Morgan fingerprint density at radius 3 is 2.46 bits per heavy atom. The third-order valence-electron chi connectivity index (χ3n) is 4.79. The van der Waals surface area contributed by atoms with Gasteiger partial charge in [-0.25, -0.2) is 0 Å². The lowest BCUT2D eigenvalue weighted by Crippen LogP contribution is -2.35. The second-order valence-corrected chi connectivity index (χ2v) is 7.11. The maximum Gasteiger partial charge on any atom is 0.244 e. The number of nitrogens with zero attached hydrogens (tertiary/aromatic N) is 1. The van der Waals surface area contributed by atoms with Crippen LogP contribution in [0.3, 0.4) is 0 Å². The lowest BCUT2D eigenvalue weighted by Gasteiger charge is -2.07. The zero-order chi connectivity index (χ0) is 20.1. The number of hydrogen-bond donors (Lipinski definition) is 2. The lowest BCUT2D eigenvalue weighted by molar-refractivity contribution is -0.124. The van der Waals surface area contributed by atoms with Crippen molar-refractivity contribution in [1.82, 2.24) is 15.2 Å². The first-order valence-electron chi connectivity index (χ1n) is 9.76. The van der Waals surface area contributed by atoms with Gasteiger partial charge < -0.3 is 15.2 Å². The lowest BCUT2D eigenvalue weighted by atomic mass is 10.1. The normalized spacial score (nSPS) is 11.6. The van der Waals surface area contributed by atoms with Crippen LogP contribution >= 0.6 is 0 Å². The quantitative estimate of drug-likeness (QED) is 0.487. The van der Waals surface area contributed by atoms with Gasteiger partial charge in [0, 0.05) is 53.4 Å². The van der Waals surface area contributed by atoms with E-state index in [1.54, 1.807) is 0 Å². The van der Waals surface area contributed by atoms with E-state index in [2.05, 4.69) is 58.5 Å². The summed E-state index contributed by atoms with van der Waals surface area (Å²) in [5, 5.41) is 7.97. The van der Waals surface area contributed by atoms with E-state index in [0.717, 1.165) is 12.1 Å². The molecule has 0 bridgehead atoms. The van der Waals surface area contributed by atoms with Gasteiger partial charge in [0.2, 0.25) is 11.8 Å². The topological polar surface area (TPSA) is 63.1 Å². The molecule has 2 amide bonds. The molecule has 0 aliphatic carbocycles. The van der Waals surface area contributed by atoms with E-state index in [1.165, 1.54) is 27.9 Å². The summed E-state index contributed by atoms with van der Waals surface area (Å²) in [6, 6.07) is 14.6. The molecule has 0 atom stereocenters. The number of hydrogen-bond acceptors (Lipinski definition) is 2. The summed E-state index contributed by atoms with van der Waals surface area (Å²) in [7, 11) is 0. The molecular formula is C23H27N3O2. The number of carbonyl (C=O) groups excluding carboxylic acids is 2. The van der Waals surface area contributed by atoms with Gasteiger partial charge >= 0.3 is 0 Å². The van der Waals surface area contributed by atoms with E-state index in [1.807, 2.05) is 26.0 Å². The number of para-hydroxylation sites is 1. The highest BCUT2D eigenvalue weighted by Crippen LogP contribution is 2.29. The first-order chi connectivity index (χ1) is 13.5. The van der Waals surface area contributed by atoms with Crippen molar-refractivity contribution < 1.29 is 9.59 Å². The smallest absolute Gasteiger partial charge is 0.244 e. The van der Waals surface area contributed by atoms with Crippen LogP contribution in [0.15, 0.2) is 48.5 Å². The molecule has 1 aromatic heterocycles. The number of aromatic nitrogens is 1. The second-order valence-electron chi connectivity index (χ2n) is 7.11. The Morgan fingerprint density at radius 2 is 1.71 bits per heavy atom. The molecule has 146 valence electrons. The minimum Gasteiger partial charge on any atom is -0.354 e. The summed E-state index contributed by atoms with van der Waals surface area (Å²) >= 11 is 0. The molecular weight excluding hydrogens is 350 g/mol. The molecule has 2 N–H and O–H groups in total. The van der Waals surface area contributed by atoms with Crippen LogP contribution in [-0.2, 0) is 16.1 Å². The fourth-order valence-electron chi connectivity index (χ4n) is 3.32. The van der Waals surface area contributed by atoms with E-state index >= 15 is 0 Å². The third-order valence-corrected chi connectivity index (χ3v) is 4.79. The molecule has 0 saturated heterocycles. The van der Waals surface area contributed by atoms with E-state index in [-0.39, 0.29) is 17.7 Å². The van der Waals surface area contributed by atoms with Gasteiger partial charge in [-0.05, 0) is 36.8 Å². The van der Waals surface area contributed by atoms with Gasteiger partial charge in [-0.15, -0.1) is 0 Å². The van der Waals surface area contributed by atoms with Gasteiger partial charge in [-0.1, -0.05) is 38.1 Å². The number of benzene rings is 2. The van der Waals surface area contributed by atoms with Crippen LogP contribution < -0.4 is 10.6 Å². The predicted octanol–water partition coefficient (Wildman–Crippen LogP) is 3.72. The first kappa shape index (κ1) is 19.7. The first-order valence-corrected chi connectivity index (χ1v) is 9.76. The Morgan fingerprint density at radius 1 is 1.00 bits per heavy atom. The fourth-order valence-corrected chi connectivity index (χ4v) is 3.32. The van der Waals surface area contributed by atoms with Crippen LogP contribution in [0.25, 0.3) is 27.9 Å². The number of aryl methyl sites for hydroxylation is 1. The van der Waals surface area contributed by atoms with Crippen LogP contribution in [-0.4, -0.2) is 29.5 Å². The molecule has 0 aliphatic rings. The number of fused-ring (bicyclic) bond motifs is 3. The van der Waals surface area contributed by atoms with Gasteiger partial charge in [-0.3, -0.25) is 9.59 Å². The number of nitrogens with one attached hydrogen (secondary N) is 2. The van der Waals surface area contributed by atoms with Crippen molar-refractivity contribution >= 4 is 39.7 Å². The molecule has 0 radical (unpaired) electrons. The maximum absolute atomic E-state index is 12.0. The molecule has 0 saturated carbocycles. The number of rotatable bonds is 7. The van der Waals surface area contributed by atoms with E-state index in [4.69, 9.17) is 0 Å². The molecule has 0 unspecified atom stereocenters. The van der Waals surface area contributed by atoms with Crippen LogP contribution in [0.5, 0.6) is 0 Å². The number of amides is 2. The van der Waals surface area contributed by atoms with E-state index in [9.17, 15) is 9.59 Å². The molecule has 3 rings (SSSR count). The van der Waals surface area contributed by atoms with Crippen molar-refractivity contribution in [3.8, 4) is 0 Å². The zero-order valence-electron chi connectivity index (χ0n) is 16.7. The summed E-state index contributed by atoms with van der Waals surface area (Å²) in [6.45, 7) is 7.57. The highest BCUT2D eigenvalue weighted by atomic mass is 16.2. The van der Waals surface area contributed by atoms with Crippen LogP contribution in [0.1, 0.15) is 26.3 Å². The fraction of sp³-hybridized carbons (Fsp3) is 0.304. The van der Waals surface area contributed by atoms with Crippen molar-refractivity contribution in [2.24, 2.45) is 5.92 Å². The standard InChI is InChI=1S/C23H27N3O2/c1-4-26-20-8-6-5-7-18(20)19-15-17(9-11-21(19)26)10-12-22(27)24-13-14-25-23(28)16(2)3/h5-12,15-16H,4,13-14H2,1-3H3,(H,24,27)(H,25,28). The molecule has 28 heavy (non-hydrogen) atoms. The Hall–Kier alpha value is -3.08. The van der Waals surface area contributed by atoms with Crippen molar-refractivity contribution in [3.63, 3.8) is 0 Å². The Bertz CT molecular complexity index is 1030. The van der Waals surface area contributed by atoms with E-state index in [0.29, 0.717) is 13.1 Å². The van der Waals surface area contributed by atoms with Gasteiger partial charge in [0.15, 0.2) is 0 Å². The third kappa shape index (κ3) is 4.25. The molecule has 5 heteroatoms.